The SMILES string of the molecule is COc1cc(C(=O)NCCNC(=O)c2ccco2)ccc1OCc1ccc(Cl)cc1. The average Bonchev–Trinajstić information content (AvgIpc) is 3.31. The van der Waals surface area contributed by atoms with Gasteiger partial charge in [0, 0.05) is 23.7 Å². The van der Waals surface area contributed by atoms with Crippen LogP contribution >= 0.6 is 11.6 Å². The normalized spacial score (nSPS) is 10.3. The molecule has 8 heteroatoms. The molecule has 2 N–H and O–H groups in total. The van der Waals surface area contributed by atoms with Crippen molar-refractivity contribution in [2.45, 2.75) is 6.61 Å². The quantitative estimate of drug-likeness (QED) is 0.507. The Morgan fingerprint density at radius 3 is 2.37 bits per heavy atom. The highest BCUT2D eigenvalue weighted by atomic mass is 35.5. The Morgan fingerprint density at radius 2 is 1.70 bits per heavy atom. The first-order valence-electron chi connectivity index (χ1n) is 9.22. The van der Waals surface area contributed by atoms with Gasteiger partial charge in [0.25, 0.3) is 11.8 Å². The fourth-order valence-electron chi connectivity index (χ4n) is 2.62. The second-order valence-electron chi connectivity index (χ2n) is 6.27. The number of carbonyl (C=O) groups is 2. The number of rotatable bonds is 9. The lowest BCUT2D eigenvalue weighted by Crippen LogP contribution is -2.34. The number of halogens is 1. The molecule has 0 unspecified atom stereocenters. The van der Waals surface area contributed by atoms with Crippen LogP contribution in [0.1, 0.15) is 26.5 Å². The maximum absolute atomic E-state index is 12.4. The van der Waals surface area contributed by atoms with E-state index in [-0.39, 0.29) is 30.7 Å². The molecule has 0 aliphatic rings. The molecule has 0 atom stereocenters. The number of benzene rings is 2. The largest absolute Gasteiger partial charge is 0.493 e. The molecule has 0 fully saturated rings. The maximum Gasteiger partial charge on any atom is 0.287 e. The number of methoxy groups -OCH3 is 1. The third kappa shape index (κ3) is 5.78. The molecule has 3 aromatic rings. The van der Waals surface area contributed by atoms with E-state index in [2.05, 4.69) is 10.6 Å². The summed E-state index contributed by atoms with van der Waals surface area (Å²) in [4.78, 5) is 24.1. The van der Waals surface area contributed by atoms with Gasteiger partial charge in [0.1, 0.15) is 6.61 Å². The standard InChI is InChI=1S/C22H21ClN2O5/c1-28-20-13-16(6-9-18(20)30-14-15-4-7-17(23)8-5-15)21(26)24-10-11-25-22(27)19-3-2-12-29-19/h2-9,12-13H,10-11,14H2,1H3,(H,24,26)(H,25,27). The first-order chi connectivity index (χ1) is 14.6. The lowest BCUT2D eigenvalue weighted by molar-refractivity contribution is 0.0910. The van der Waals surface area contributed by atoms with Gasteiger partial charge in [-0.3, -0.25) is 9.59 Å². The topological polar surface area (TPSA) is 89.8 Å². The lowest BCUT2D eigenvalue weighted by atomic mass is 10.2. The summed E-state index contributed by atoms with van der Waals surface area (Å²) in [7, 11) is 1.51. The summed E-state index contributed by atoms with van der Waals surface area (Å²) in [6, 6.07) is 15.5. The Balaban J connectivity index is 1.50. The first kappa shape index (κ1) is 21.3. The van der Waals surface area contributed by atoms with Gasteiger partial charge in [-0.1, -0.05) is 23.7 Å². The number of carbonyl (C=O) groups excluding carboxylic acids is 2. The molecule has 0 aliphatic carbocycles. The molecular weight excluding hydrogens is 408 g/mol. The van der Waals surface area contributed by atoms with E-state index in [4.69, 9.17) is 25.5 Å². The molecule has 0 bridgehead atoms. The zero-order chi connectivity index (χ0) is 21.3. The summed E-state index contributed by atoms with van der Waals surface area (Å²) < 4.78 is 16.1. The maximum atomic E-state index is 12.4. The van der Waals surface area contributed by atoms with Crippen LogP contribution in [0.5, 0.6) is 11.5 Å². The molecule has 0 radical (unpaired) electrons. The minimum Gasteiger partial charge on any atom is -0.493 e. The summed E-state index contributed by atoms with van der Waals surface area (Å²) >= 11 is 5.88. The van der Waals surface area contributed by atoms with Crippen LogP contribution in [0.3, 0.4) is 0 Å². The molecule has 30 heavy (non-hydrogen) atoms. The zero-order valence-electron chi connectivity index (χ0n) is 16.3. The van der Waals surface area contributed by atoms with Crippen LogP contribution < -0.4 is 20.1 Å². The fraction of sp³-hybridized carbons (Fsp3) is 0.182. The molecule has 156 valence electrons. The molecule has 7 nitrogen and oxygen atoms in total. The predicted octanol–water partition coefficient (Wildman–Crippen LogP) is 3.68. The van der Waals surface area contributed by atoms with Crippen molar-refractivity contribution in [3.05, 3.63) is 82.8 Å². The number of hydrogen-bond acceptors (Lipinski definition) is 5. The Hall–Kier alpha value is -3.45. The molecule has 2 amide bonds. The van der Waals surface area contributed by atoms with E-state index in [1.807, 2.05) is 12.1 Å². The van der Waals surface area contributed by atoms with Crippen LogP contribution in [0.4, 0.5) is 0 Å². The van der Waals surface area contributed by atoms with Gasteiger partial charge in [0.15, 0.2) is 17.3 Å². The van der Waals surface area contributed by atoms with Crippen molar-refractivity contribution in [3.63, 3.8) is 0 Å². The zero-order valence-corrected chi connectivity index (χ0v) is 17.1. The third-order valence-electron chi connectivity index (χ3n) is 4.17. The number of nitrogens with one attached hydrogen (secondary N) is 2. The van der Waals surface area contributed by atoms with E-state index in [1.54, 1.807) is 42.5 Å². The van der Waals surface area contributed by atoms with Crippen LogP contribution in [0.15, 0.2) is 65.3 Å². The van der Waals surface area contributed by atoms with Gasteiger partial charge >= 0.3 is 0 Å². The summed E-state index contributed by atoms with van der Waals surface area (Å²) in [5.41, 5.74) is 1.38. The minimum absolute atomic E-state index is 0.222. The van der Waals surface area contributed by atoms with Gasteiger partial charge in [0.05, 0.1) is 13.4 Å². The van der Waals surface area contributed by atoms with Gasteiger partial charge in [-0.15, -0.1) is 0 Å². The summed E-state index contributed by atoms with van der Waals surface area (Å²) in [5, 5.41) is 6.06. The Bertz CT molecular complexity index is 987. The van der Waals surface area contributed by atoms with Crippen molar-refractivity contribution in [1.82, 2.24) is 10.6 Å². The monoisotopic (exact) mass is 428 g/mol. The highest BCUT2D eigenvalue weighted by Crippen LogP contribution is 2.29. The van der Waals surface area contributed by atoms with Crippen molar-refractivity contribution in [3.8, 4) is 11.5 Å². The van der Waals surface area contributed by atoms with Gasteiger partial charge in [-0.05, 0) is 48.0 Å². The molecule has 1 aromatic heterocycles. The summed E-state index contributed by atoms with van der Waals surface area (Å²) in [6.07, 6.45) is 1.42. The van der Waals surface area contributed by atoms with Crippen molar-refractivity contribution in [2.24, 2.45) is 0 Å². The van der Waals surface area contributed by atoms with Crippen LogP contribution in [0.2, 0.25) is 5.02 Å². The number of furan rings is 1. The minimum atomic E-state index is -0.335. The highest BCUT2D eigenvalue weighted by Gasteiger charge is 2.12. The van der Waals surface area contributed by atoms with E-state index >= 15 is 0 Å². The number of ether oxygens (including phenoxy) is 2. The van der Waals surface area contributed by atoms with Crippen LogP contribution in [-0.2, 0) is 6.61 Å². The van der Waals surface area contributed by atoms with E-state index in [0.717, 1.165) is 5.56 Å². The lowest BCUT2D eigenvalue weighted by Gasteiger charge is -2.12. The predicted molar refractivity (Wildman–Crippen MR) is 112 cm³/mol. The van der Waals surface area contributed by atoms with Gasteiger partial charge in [-0.25, -0.2) is 0 Å². The van der Waals surface area contributed by atoms with Gasteiger partial charge < -0.3 is 24.5 Å². The fourth-order valence-corrected chi connectivity index (χ4v) is 2.74. The van der Waals surface area contributed by atoms with E-state index in [1.165, 1.54) is 13.4 Å². The molecule has 0 spiro atoms. The van der Waals surface area contributed by atoms with Gasteiger partial charge in [0.2, 0.25) is 0 Å². The molecule has 3 rings (SSSR count). The molecule has 0 saturated heterocycles. The molecule has 0 aliphatic heterocycles. The highest BCUT2D eigenvalue weighted by molar-refractivity contribution is 6.30. The van der Waals surface area contributed by atoms with Crippen LogP contribution in [0, 0.1) is 0 Å². The van der Waals surface area contributed by atoms with E-state index in [0.29, 0.717) is 28.7 Å². The Kier molecular flexibility index (Phi) is 7.34. The van der Waals surface area contributed by atoms with E-state index in [9.17, 15) is 9.59 Å². The Labute approximate surface area is 178 Å². The second-order valence-corrected chi connectivity index (χ2v) is 6.71. The van der Waals surface area contributed by atoms with E-state index < -0.39 is 0 Å². The van der Waals surface area contributed by atoms with Crippen LogP contribution in [-0.4, -0.2) is 32.0 Å². The molecular formula is C22H21ClN2O5. The van der Waals surface area contributed by atoms with Crippen LogP contribution in [0.25, 0.3) is 0 Å². The molecule has 1 heterocycles. The van der Waals surface area contributed by atoms with Crippen molar-refractivity contribution in [2.75, 3.05) is 20.2 Å². The second kappa shape index (κ2) is 10.4. The van der Waals surface area contributed by atoms with Gasteiger partial charge in [-0.2, -0.15) is 0 Å². The van der Waals surface area contributed by atoms with Crippen molar-refractivity contribution in [1.29, 1.82) is 0 Å². The summed E-state index contributed by atoms with van der Waals surface area (Å²) in [5.74, 6) is 0.570. The summed E-state index contributed by atoms with van der Waals surface area (Å²) in [6.45, 7) is 0.877. The third-order valence-corrected chi connectivity index (χ3v) is 4.43. The smallest absolute Gasteiger partial charge is 0.287 e. The van der Waals surface area contributed by atoms with Crippen molar-refractivity contribution >= 4 is 23.4 Å². The average molecular weight is 429 g/mol. The Morgan fingerprint density at radius 1 is 0.967 bits per heavy atom. The first-order valence-corrected chi connectivity index (χ1v) is 9.60. The molecule has 0 saturated carbocycles. The van der Waals surface area contributed by atoms with Crippen molar-refractivity contribution < 1.29 is 23.5 Å². The number of hydrogen-bond donors (Lipinski definition) is 2. The molecule has 2 aromatic carbocycles. The number of amides is 2.